The van der Waals surface area contributed by atoms with E-state index < -0.39 is 26.2 Å². The van der Waals surface area contributed by atoms with Crippen LogP contribution < -0.4 is 14.2 Å². The van der Waals surface area contributed by atoms with Gasteiger partial charge >= 0.3 is 0 Å². The number of nitrogens with one attached hydrogen (secondary N) is 1. The summed E-state index contributed by atoms with van der Waals surface area (Å²) in [7, 11) is -5.01. The summed E-state index contributed by atoms with van der Waals surface area (Å²) in [6, 6.07) is 21.5. The molecule has 0 fully saturated rings. The molecule has 1 aliphatic carbocycles. The van der Waals surface area contributed by atoms with Crippen LogP contribution in [0.2, 0.25) is 0 Å². The van der Waals surface area contributed by atoms with Crippen LogP contribution >= 0.6 is 0 Å². The number of fused-ring (bicyclic) bond motifs is 3. The van der Waals surface area contributed by atoms with Crippen molar-refractivity contribution in [3.63, 3.8) is 0 Å². The Balaban J connectivity index is 1.41. The van der Waals surface area contributed by atoms with Crippen molar-refractivity contribution in [1.82, 2.24) is 0 Å². The minimum absolute atomic E-state index is 0.0405. The number of aliphatic hydroxyl groups is 1. The number of benzene rings is 4. The second-order valence-electron chi connectivity index (χ2n) is 8.50. The number of rotatable bonds is 8. The van der Waals surface area contributed by atoms with Gasteiger partial charge in [0.25, 0.3) is 10.0 Å². The Kier molecular flexibility index (Phi) is 6.51. The van der Waals surface area contributed by atoms with E-state index in [1.807, 2.05) is 0 Å². The summed E-state index contributed by atoms with van der Waals surface area (Å²) in [6.45, 7) is 0. The molecule has 5 rings (SSSR count). The van der Waals surface area contributed by atoms with E-state index in [1.54, 1.807) is 48.5 Å². The van der Waals surface area contributed by atoms with Crippen LogP contribution in [0.1, 0.15) is 17.2 Å². The van der Waals surface area contributed by atoms with Gasteiger partial charge in [-0.15, -0.1) is 5.69 Å². The smallest absolute Gasteiger partial charge is 0.261 e. The SMILES string of the molecule is COc1ccc([N-]S(=O)(=O)c2ccc3c(c2)C(O)c2cc(S(=O)(=O)Nc4ccc(OC)cc4)ccc2-3)cc1. The molecule has 4 aromatic rings. The quantitative estimate of drug-likeness (QED) is 0.316. The molecule has 2 N–H and O–H groups in total. The van der Waals surface area contributed by atoms with Gasteiger partial charge < -0.3 is 19.3 Å². The third-order valence-electron chi connectivity index (χ3n) is 6.17. The predicted octanol–water partition coefficient (Wildman–Crippen LogP) is 4.96. The summed E-state index contributed by atoms with van der Waals surface area (Å²) >= 11 is 0. The van der Waals surface area contributed by atoms with Gasteiger partial charge in [0.1, 0.15) is 27.6 Å². The Bertz CT molecular complexity index is 1590. The van der Waals surface area contributed by atoms with Crippen LogP contribution in [0.3, 0.4) is 0 Å². The third-order valence-corrected chi connectivity index (χ3v) is 8.85. The summed E-state index contributed by atoms with van der Waals surface area (Å²) in [5.74, 6) is 1.16. The van der Waals surface area contributed by atoms with Crippen LogP contribution in [0.4, 0.5) is 11.4 Å². The number of hydrogen-bond donors (Lipinski definition) is 2. The van der Waals surface area contributed by atoms with Crippen molar-refractivity contribution in [3.05, 3.63) is 101 Å². The molecule has 38 heavy (non-hydrogen) atoms. The molecule has 0 saturated heterocycles. The average Bonchev–Trinajstić information content (AvgIpc) is 3.20. The van der Waals surface area contributed by atoms with Crippen molar-refractivity contribution in [2.24, 2.45) is 0 Å². The monoisotopic (exact) mass is 551 g/mol. The number of ether oxygens (including phenoxy) is 2. The average molecular weight is 552 g/mol. The zero-order valence-electron chi connectivity index (χ0n) is 20.3. The first kappa shape index (κ1) is 25.6. The molecule has 0 amide bonds. The zero-order chi connectivity index (χ0) is 27.1. The van der Waals surface area contributed by atoms with Gasteiger partial charge in [0.15, 0.2) is 0 Å². The first-order valence-electron chi connectivity index (χ1n) is 11.4. The van der Waals surface area contributed by atoms with Crippen LogP contribution in [-0.4, -0.2) is 36.2 Å². The van der Waals surface area contributed by atoms with Crippen molar-refractivity contribution in [1.29, 1.82) is 0 Å². The molecule has 0 saturated carbocycles. The Morgan fingerprint density at radius 3 is 1.76 bits per heavy atom. The molecule has 0 bridgehead atoms. The van der Waals surface area contributed by atoms with Gasteiger partial charge in [-0.2, -0.15) is 0 Å². The fraction of sp³-hybridized carbons (Fsp3) is 0.111. The highest BCUT2D eigenvalue weighted by atomic mass is 32.2. The van der Waals surface area contributed by atoms with Crippen molar-refractivity contribution in [3.8, 4) is 22.6 Å². The van der Waals surface area contributed by atoms with Gasteiger partial charge in [0.2, 0.25) is 0 Å². The van der Waals surface area contributed by atoms with Gasteiger partial charge in [-0.25, -0.2) is 16.8 Å². The van der Waals surface area contributed by atoms with Crippen LogP contribution in [0, 0.1) is 0 Å². The number of anilines is 1. The molecule has 11 heteroatoms. The molecule has 4 aromatic carbocycles. The second kappa shape index (κ2) is 9.67. The first-order valence-corrected chi connectivity index (χ1v) is 14.3. The highest BCUT2D eigenvalue weighted by Gasteiger charge is 2.30. The molecule has 9 nitrogen and oxygen atoms in total. The minimum atomic E-state index is -4.08. The van der Waals surface area contributed by atoms with Crippen LogP contribution in [0.5, 0.6) is 11.5 Å². The van der Waals surface area contributed by atoms with Crippen molar-refractivity contribution in [2.75, 3.05) is 18.9 Å². The third kappa shape index (κ3) is 4.78. The van der Waals surface area contributed by atoms with E-state index >= 15 is 0 Å². The Morgan fingerprint density at radius 1 is 0.711 bits per heavy atom. The molecule has 1 aliphatic rings. The summed E-state index contributed by atoms with van der Waals surface area (Å²) in [4.78, 5) is -0.130. The fourth-order valence-electron chi connectivity index (χ4n) is 4.23. The lowest BCUT2D eigenvalue weighted by molar-refractivity contribution is 0.224. The molecular formula is C27H23N2O7S2-. The molecule has 0 heterocycles. The minimum Gasteiger partial charge on any atom is -0.573 e. The lowest BCUT2D eigenvalue weighted by atomic mass is 10.1. The van der Waals surface area contributed by atoms with E-state index in [0.717, 1.165) is 0 Å². The molecule has 0 aromatic heterocycles. The summed E-state index contributed by atoms with van der Waals surface area (Å²) in [6.07, 6.45) is -1.22. The summed E-state index contributed by atoms with van der Waals surface area (Å²) in [5, 5.41) is 11.0. The standard InChI is InChI=1S/C27H23N2O7S2/c1-35-19-7-3-17(4-8-19)28-37(31,32)21-11-13-23-24-14-12-22(16-26(24)27(30)25(23)15-21)38(33,34)29-18-5-9-20(36-2)10-6-18/h3-16,27-28,30H,1-2H3/q-1. The zero-order valence-corrected chi connectivity index (χ0v) is 22.0. The Hall–Kier alpha value is -4.06. The van der Waals surface area contributed by atoms with Gasteiger partial charge in [-0.3, -0.25) is 4.72 Å². The number of methoxy groups -OCH3 is 2. The number of aliphatic hydroxyl groups excluding tert-OH is 1. The maximum absolute atomic E-state index is 13.0. The maximum Gasteiger partial charge on any atom is 0.261 e. The van der Waals surface area contributed by atoms with Gasteiger partial charge in [-0.05, 0) is 82.9 Å². The molecule has 1 atom stereocenters. The van der Waals surface area contributed by atoms with E-state index in [2.05, 4.69) is 9.44 Å². The maximum atomic E-state index is 13.0. The van der Waals surface area contributed by atoms with E-state index in [-0.39, 0.29) is 15.5 Å². The second-order valence-corrected chi connectivity index (χ2v) is 11.8. The Morgan fingerprint density at radius 2 is 1.21 bits per heavy atom. The largest absolute Gasteiger partial charge is 0.573 e. The van der Waals surface area contributed by atoms with Crippen LogP contribution in [0.25, 0.3) is 15.8 Å². The lowest BCUT2D eigenvalue weighted by Gasteiger charge is -2.22. The highest BCUT2D eigenvalue weighted by Crippen LogP contribution is 2.45. The lowest BCUT2D eigenvalue weighted by Crippen LogP contribution is -2.13. The van der Waals surface area contributed by atoms with E-state index in [4.69, 9.17) is 9.47 Å². The van der Waals surface area contributed by atoms with E-state index in [0.29, 0.717) is 39.4 Å². The van der Waals surface area contributed by atoms with E-state index in [1.165, 1.54) is 50.6 Å². The molecule has 0 aliphatic heterocycles. The first-order chi connectivity index (χ1) is 18.1. The van der Waals surface area contributed by atoms with Crippen molar-refractivity contribution in [2.45, 2.75) is 15.9 Å². The normalized spacial score (nSPS) is 14.3. The Labute approximate surface area is 220 Å². The fourth-order valence-corrected chi connectivity index (χ4v) is 6.34. The molecule has 196 valence electrons. The molecule has 0 radical (unpaired) electrons. The van der Waals surface area contributed by atoms with Gasteiger partial charge in [-0.1, -0.05) is 24.3 Å². The number of hydrogen-bond acceptors (Lipinski definition) is 7. The van der Waals surface area contributed by atoms with Gasteiger partial charge in [0.05, 0.1) is 24.0 Å². The summed E-state index contributed by atoms with van der Waals surface area (Å²) in [5.41, 5.74) is 2.53. The highest BCUT2D eigenvalue weighted by molar-refractivity contribution is 7.94. The molecule has 0 spiro atoms. The van der Waals surface area contributed by atoms with Crippen molar-refractivity contribution < 1.29 is 31.4 Å². The molecular weight excluding hydrogens is 528 g/mol. The summed E-state index contributed by atoms with van der Waals surface area (Å²) < 4.78 is 68.5. The molecule has 1 unspecified atom stereocenters. The number of sulfonamides is 2. The van der Waals surface area contributed by atoms with Crippen LogP contribution in [-0.2, 0) is 20.0 Å². The van der Waals surface area contributed by atoms with Crippen molar-refractivity contribution >= 4 is 31.4 Å². The van der Waals surface area contributed by atoms with Gasteiger partial charge in [0, 0.05) is 5.69 Å². The van der Waals surface area contributed by atoms with Crippen LogP contribution in [0.15, 0.2) is 94.7 Å². The topological polar surface area (TPSA) is 133 Å². The van der Waals surface area contributed by atoms with E-state index in [9.17, 15) is 21.9 Å². The predicted molar refractivity (Wildman–Crippen MR) is 143 cm³/mol. The number of nitrogens with zero attached hydrogens (tertiary/aromatic N) is 1.